The second-order valence-electron chi connectivity index (χ2n) is 3.72. The van der Waals surface area contributed by atoms with E-state index in [1.165, 1.54) is 18.2 Å². The molecule has 0 spiro atoms. The van der Waals surface area contributed by atoms with E-state index < -0.39 is 0 Å². The Kier molecular flexibility index (Phi) is 3.62. The van der Waals surface area contributed by atoms with E-state index in [2.05, 4.69) is 20.6 Å². The summed E-state index contributed by atoms with van der Waals surface area (Å²) in [5, 5.41) is 6.26. The molecular formula is C12H12ClFN4. The van der Waals surface area contributed by atoms with Crippen molar-refractivity contribution >= 4 is 29.1 Å². The molecule has 1 heterocycles. The van der Waals surface area contributed by atoms with Gasteiger partial charge in [-0.2, -0.15) is 4.98 Å². The lowest BCUT2D eigenvalue weighted by Gasteiger charge is -2.11. The maximum Gasteiger partial charge on any atom is 0.224 e. The Hall–Kier alpha value is -1.88. The lowest BCUT2D eigenvalue weighted by molar-refractivity contribution is 0.628. The molecule has 0 aliphatic rings. The number of benzene rings is 1. The summed E-state index contributed by atoms with van der Waals surface area (Å²) in [4.78, 5) is 8.31. The molecule has 0 atom stereocenters. The highest BCUT2D eigenvalue weighted by Crippen LogP contribution is 2.26. The van der Waals surface area contributed by atoms with Gasteiger partial charge in [-0.25, -0.2) is 9.37 Å². The number of aromatic nitrogens is 2. The molecule has 0 radical (unpaired) electrons. The van der Waals surface area contributed by atoms with Crippen molar-refractivity contribution in [1.29, 1.82) is 0 Å². The largest absolute Gasteiger partial charge is 0.357 e. The van der Waals surface area contributed by atoms with Gasteiger partial charge in [-0.05, 0) is 25.1 Å². The minimum Gasteiger partial charge on any atom is -0.357 e. The average Bonchev–Trinajstić information content (AvgIpc) is 2.36. The molecule has 0 aliphatic carbocycles. The van der Waals surface area contributed by atoms with Crippen molar-refractivity contribution in [2.45, 2.75) is 6.92 Å². The molecule has 2 rings (SSSR count). The van der Waals surface area contributed by atoms with Crippen LogP contribution < -0.4 is 10.6 Å². The maximum atomic E-state index is 13.2. The molecule has 1 aromatic carbocycles. The van der Waals surface area contributed by atoms with Gasteiger partial charge in [0.05, 0.1) is 10.7 Å². The third-order valence-corrected chi connectivity index (χ3v) is 2.71. The van der Waals surface area contributed by atoms with E-state index in [9.17, 15) is 4.39 Å². The van der Waals surface area contributed by atoms with Crippen LogP contribution in [0.5, 0.6) is 0 Å². The zero-order valence-corrected chi connectivity index (χ0v) is 10.7. The number of rotatable bonds is 3. The van der Waals surface area contributed by atoms with Gasteiger partial charge in [0.1, 0.15) is 11.6 Å². The Balaban J connectivity index is 2.36. The van der Waals surface area contributed by atoms with E-state index in [-0.39, 0.29) is 5.82 Å². The van der Waals surface area contributed by atoms with Crippen LogP contribution in [0.15, 0.2) is 24.4 Å². The fraction of sp³-hybridized carbons (Fsp3) is 0.167. The fourth-order valence-electron chi connectivity index (χ4n) is 1.41. The molecule has 0 saturated carbocycles. The summed E-state index contributed by atoms with van der Waals surface area (Å²) in [6.07, 6.45) is 1.67. The first-order valence-corrected chi connectivity index (χ1v) is 5.71. The molecule has 0 saturated heterocycles. The van der Waals surface area contributed by atoms with Crippen molar-refractivity contribution in [1.82, 2.24) is 9.97 Å². The maximum absolute atomic E-state index is 13.2. The summed E-state index contributed by atoms with van der Waals surface area (Å²) in [7, 11) is 1.73. The van der Waals surface area contributed by atoms with Gasteiger partial charge in [-0.3, -0.25) is 0 Å². The van der Waals surface area contributed by atoms with Gasteiger partial charge < -0.3 is 10.6 Å². The van der Waals surface area contributed by atoms with Crippen molar-refractivity contribution in [3.05, 3.63) is 40.8 Å². The fourth-order valence-corrected chi connectivity index (χ4v) is 1.57. The lowest BCUT2D eigenvalue weighted by Crippen LogP contribution is -2.02. The summed E-state index contributed by atoms with van der Waals surface area (Å²) in [6, 6.07) is 4.12. The molecule has 0 amide bonds. The quantitative estimate of drug-likeness (QED) is 0.894. The number of halogens is 2. The minimum absolute atomic E-state index is 0.359. The van der Waals surface area contributed by atoms with Gasteiger partial charge in [0.2, 0.25) is 5.95 Å². The number of anilines is 3. The molecule has 0 fully saturated rings. The van der Waals surface area contributed by atoms with Crippen LogP contribution in [0.3, 0.4) is 0 Å². The van der Waals surface area contributed by atoms with Crippen LogP contribution in [0, 0.1) is 12.7 Å². The predicted octanol–water partition coefficient (Wildman–Crippen LogP) is 3.36. The number of nitrogens with one attached hydrogen (secondary N) is 2. The van der Waals surface area contributed by atoms with Gasteiger partial charge in [0.25, 0.3) is 0 Å². The second-order valence-corrected chi connectivity index (χ2v) is 4.13. The normalized spacial score (nSPS) is 10.2. The zero-order chi connectivity index (χ0) is 13.1. The third kappa shape index (κ3) is 2.68. The molecule has 18 heavy (non-hydrogen) atoms. The van der Waals surface area contributed by atoms with E-state index in [0.717, 1.165) is 5.56 Å². The highest BCUT2D eigenvalue weighted by atomic mass is 35.5. The second kappa shape index (κ2) is 5.18. The van der Waals surface area contributed by atoms with E-state index in [1.54, 1.807) is 13.2 Å². The van der Waals surface area contributed by atoms with Crippen LogP contribution in [0.4, 0.5) is 21.8 Å². The number of nitrogens with zero attached hydrogens (tertiary/aromatic N) is 2. The number of hydrogen-bond acceptors (Lipinski definition) is 4. The molecule has 94 valence electrons. The first kappa shape index (κ1) is 12.6. The highest BCUT2D eigenvalue weighted by molar-refractivity contribution is 6.33. The number of aryl methyl sites for hydroxylation is 1. The molecule has 0 aliphatic heterocycles. The monoisotopic (exact) mass is 266 g/mol. The molecular weight excluding hydrogens is 255 g/mol. The van der Waals surface area contributed by atoms with Crippen LogP contribution in [0.2, 0.25) is 5.02 Å². The molecule has 4 nitrogen and oxygen atoms in total. The molecule has 1 aromatic heterocycles. The Bertz CT molecular complexity index is 574. The number of hydrogen-bond donors (Lipinski definition) is 2. The first-order valence-electron chi connectivity index (χ1n) is 5.33. The summed E-state index contributed by atoms with van der Waals surface area (Å²) in [5.74, 6) is 0.708. The van der Waals surface area contributed by atoms with Crippen molar-refractivity contribution in [2.75, 3.05) is 17.7 Å². The van der Waals surface area contributed by atoms with Crippen LogP contribution in [-0.2, 0) is 0 Å². The average molecular weight is 267 g/mol. The molecule has 0 unspecified atom stereocenters. The minimum atomic E-state index is -0.359. The van der Waals surface area contributed by atoms with Gasteiger partial charge in [0, 0.05) is 18.8 Å². The van der Waals surface area contributed by atoms with E-state index in [0.29, 0.717) is 22.5 Å². The van der Waals surface area contributed by atoms with Crippen molar-refractivity contribution in [3.63, 3.8) is 0 Å². The van der Waals surface area contributed by atoms with Gasteiger partial charge >= 0.3 is 0 Å². The summed E-state index contributed by atoms with van der Waals surface area (Å²) in [5.41, 5.74) is 1.31. The Morgan fingerprint density at radius 1 is 1.33 bits per heavy atom. The van der Waals surface area contributed by atoms with Crippen LogP contribution in [0.25, 0.3) is 0 Å². The lowest BCUT2D eigenvalue weighted by atomic mass is 10.3. The van der Waals surface area contributed by atoms with Crippen molar-refractivity contribution in [2.24, 2.45) is 0 Å². The Labute approximate surface area is 109 Å². The summed E-state index contributed by atoms with van der Waals surface area (Å²) < 4.78 is 13.2. The van der Waals surface area contributed by atoms with Gasteiger partial charge in [-0.15, -0.1) is 0 Å². The zero-order valence-electron chi connectivity index (χ0n) is 9.96. The Morgan fingerprint density at radius 2 is 2.11 bits per heavy atom. The first-order chi connectivity index (χ1) is 8.60. The third-order valence-electron chi connectivity index (χ3n) is 2.38. The van der Waals surface area contributed by atoms with Crippen molar-refractivity contribution < 1.29 is 4.39 Å². The van der Waals surface area contributed by atoms with Crippen LogP contribution in [-0.4, -0.2) is 17.0 Å². The molecule has 2 N–H and O–H groups in total. The summed E-state index contributed by atoms with van der Waals surface area (Å²) in [6.45, 7) is 1.86. The smallest absolute Gasteiger partial charge is 0.224 e. The van der Waals surface area contributed by atoms with E-state index in [1.807, 2.05) is 6.92 Å². The predicted molar refractivity (Wildman–Crippen MR) is 71.0 cm³/mol. The van der Waals surface area contributed by atoms with E-state index in [4.69, 9.17) is 11.6 Å². The molecule has 0 bridgehead atoms. The molecule has 2 aromatic rings. The molecule has 6 heteroatoms. The standard InChI is InChI=1S/C12H12ClFN4/c1-7-6-16-12(15-2)18-11(7)17-10-5-8(14)3-4-9(10)13/h3-6H,1-2H3,(H2,15,16,17,18). The van der Waals surface area contributed by atoms with Crippen LogP contribution >= 0.6 is 11.6 Å². The van der Waals surface area contributed by atoms with Crippen molar-refractivity contribution in [3.8, 4) is 0 Å². The van der Waals surface area contributed by atoms with Gasteiger partial charge in [0.15, 0.2) is 0 Å². The highest BCUT2D eigenvalue weighted by Gasteiger charge is 2.07. The SMILES string of the molecule is CNc1ncc(C)c(Nc2cc(F)ccc2Cl)n1. The van der Waals surface area contributed by atoms with E-state index >= 15 is 0 Å². The van der Waals surface area contributed by atoms with Gasteiger partial charge in [-0.1, -0.05) is 11.6 Å². The Morgan fingerprint density at radius 3 is 2.83 bits per heavy atom. The topological polar surface area (TPSA) is 49.8 Å². The van der Waals surface area contributed by atoms with Crippen LogP contribution in [0.1, 0.15) is 5.56 Å². The summed E-state index contributed by atoms with van der Waals surface area (Å²) >= 11 is 5.98.